The SMILES string of the molecule is Cc1nc(CN2CCN(CC(O)COC(C)(C)C)CC2)no1. The van der Waals surface area contributed by atoms with Crippen molar-refractivity contribution in [1.29, 1.82) is 0 Å². The van der Waals surface area contributed by atoms with Crippen LogP contribution in [0.25, 0.3) is 0 Å². The molecule has 2 heterocycles. The molecule has 0 bridgehead atoms. The highest BCUT2D eigenvalue weighted by Crippen LogP contribution is 2.10. The van der Waals surface area contributed by atoms with Gasteiger partial charge in [0.2, 0.25) is 5.89 Å². The Morgan fingerprint density at radius 2 is 1.86 bits per heavy atom. The van der Waals surface area contributed by atoms with E-state index < -0.39 is 6.10 Å². The van der Waals surface area contributed by atoms with Gasteiger partial charge in [-0.3, -0.25) is 9.80 Å². The molecule has 0 spiro atoms. The van der Waals surface area contributed by atoms with E-state index in [0.717, 1.165) is 38.5 Å². The highest BCUT2D eigenvalue weighted by atomic mass is 16.5. The van der Waals surface area contributed by atoms with Gasteiger partial charge in [0.1, 0.15) is 0 Å². The summed E-state index contributed by atoms with van der Waals surface area (Å²) in [5, 5.41) is 14.0. The van der Waals surface area contributed by atoms with Crippen molar-refractivity contribution in [3.05, 3.63) is 11.7 Å². The van der Waals surface area contributed by atoms with E-state index in [0.29, 0.717) is 19.0 Å². The predicted octanol–water partition coefficient (Wildman–Crippen LogP) is 0.672. The summed E-state index contributed by atoms with van der Waals surface area (Å²) in [6.45, 7) is 13.3. The highest BCUT2D eigenvalue weighted by molar-refractivity contribution is 4.85. The molecule has 1 aliphatic heterocycles. The molecule has 1 unspecified atom stereocenters. The van der Waals surface area contributed by atoms with E-state index in [1.807, 2.05) is 20.8 Å². The first-order chi connectivity index (χ1) is 10.3. The first kappa shape index (κ1) is 17.3. The van der Waals surface area contributed by atoms with Crippen molar-refractivity contribution >= 4 is 0 Å². The maximum absolute atomic E-state index is 10.1. The molecule has 126 valence electrons. The van der Waals surface area contributed by atoms with Gasteiger partial charge in [-0.15, -0.1) is 0 Å². The maximum atomic E-state index is 10.1. The summed E-state index contributed by atoms with van der Waals surface area (Å²) in [4.78, 5) is 8.81. The minimum Gasteiger partial charge on any atom is -0.389 e. The fraction of sp³-hybridized carbons (Fsp3) is 0.867. The molecule has 7 heteroatoms. The van der Waals surface area contributed by atoms with Gasteiger partial charge in [0, 0.05) is 39.6 Å². The Bertz CT molecular complexity index is 450. The fourth-order valence-corrected chi connectivity index (χ4v) is 2.43. The Morgan fingerprint density at radius 1 is 1.23 bits per heavy atom. The molecule has 0 amide bonds. The number of nitrogens with zero attached hydrogens (tertiary/aromatic N) is 4. The van der Waals surface area contributed by atoms with Crippen molar-refractivity contribution in [1.82, 2.24) is 19.9 Å². The number of piperazine rings is 1. The molecular weight excluding hydrogens is 284 g/mol. The van der Waals surface area contributed by atoms with Crippen LogP contribution in [0.4, 0.5) is 0 Å². The first-order valence-corrected chi connectivity index (χ1v) is 7.88. The van der Waals surface area contributed by atoms with Gasteiger partial charge in [-0.25, -0.2) is 0 Å². The quantitative estimate of drug-likeness (QED) is 0.827. The van der Waals surface area contributed by atoms with Crippen molar-refractivity contribution in [3.63, 3.8) is 0 Å². The lowest BCUT2D eigenvalue weighted by Gasteiger charge is -2.35. The molecular formula is C15H28N4O3. The maximum Gasteiger partial charge on any atom is 0.223 e. The monoisotopic (exact) mass is 312 g/mol. The number of hydrogen-bond acceptors (Lipinski definition) is 7. The van der Waals surface area contributed by atoms with Crippen molar-refractivity contribution in [2.75, 3.05) is 39.3 Å². The molecule has 7 nitrogen and oxygen atoms in total. The minimum absolute atomic E-state index is 0.206. The molecule has 1 atom stereocenters. The molecule has 0 aliphatic carbocycles. The molecule has 0 aromatic carbocycles. The largest absolute Gasteiger partial charge is 0.389 e. The average molecular weight is 312 g/mol. The van der Waals surface area contributed by atoms with Crippen LogP contribution in [0.5, 0.6) is 0 Å². The Balaban J connectivity index is 1.66. The number of aliphatic hydroxyl groups excluding tert-OH is 1. The van der Waals surface area contributed by atoms with Crippen molar-refractivity contribution in [2.24, 2.45) is 0 Å². The summed E-state index contributed by atoms with van der Waals surface area (Å²) in [5.74, 6) is 1.35. The van der Waals surface area contributed by atoms with Crippen LogP contribution in [0.1, 0.15) is 32.5 Å². The lowest BCUT2D eigenvalue weighted by Crippen LogP contribution is -2.49. The Labute approximate surface area is 132 Å². The normalized spacial score (nSPS) is 19.5. The van der Waals surface area contributed by atoms with E-state index in [1.54, 1.807) is 6.92 Å². The van der Waals surface area contributed by atoms with Crippen LogP contribution >= 0.6 is 0 Å². The second kappa shape index (κ2) is 7.50. The molecule has 1 fully saturated rings. The number of rotatable bonds is 6. The second-order valence-electron chi connectivity index (χ2n) is 6.88. The zero-order valence-electron chi connectivity index (χ0n) is 14.1. The minimum atomic E-state index is -0.439. The zero-order chi connectivity index (χ0) is 16.2. The van der Waals surface area contributed by atoms with Crippen LogP contribution in [0.3, 0.4) is 0 Å². The fourth-order valence-electron chi connectivity index (χ4n) is 2.43. The van der Waals surface area contributed by atoms with Crippen LogP contribution in [0, 0.1) is 6.92 Å². The van der Waals surface area contributed by atoms with Gasteiger partial charge in [0.15, 0.2) is 5.82 Å². The Kier molecular flexibility index (Phi) is 5.91. The predicted molar refractivity (Wildman–Crippen MR) is 82.5 cm³/mol. The zero-order valence-corrected chi connectivity index (χ0v) is 14.1. The summed E-state index contributed by atoms with van der Waals surface area (Å²) in [5.41, 5.74) is -0.206. The molecule has 1 aromatic rings. The summed E-state index contributed by atoms with van der Waals surface area (Å²) < 4.78 is 10.6. The third-order valence-electron chi connectivity index (χ3n) is 3.58. The smallest absolute Gasteiger partial charge is 0.223 e. The van der Waals surface area contributed by atoms with Gasteiger partial charge < -0.3 is 14.4 Å². The van der Waals surface area contributed by atoms with E-state index in [9.17, 15) is 5.11 Å². The van der Waals surface area contributed by atoms with Crippen molar-refractivity contribution < 1.29 is 14.4 Å². The number of ether oxygens (including phenoxy) is 1. The van der Waals surface area contributed by atoms with E-state index >= 15 is 0 Å². The van der Waals surface area contributed by atoms with Crippen molar-refractivity contribution in [3.8, 4) is 0 Å². The van der Waals surface area contributed by atoms with E-state index in [-0.39, 0.29) is 5.60 Å². The summed E-state index contributed by atoms with van der Waals surface area (Å²) in [6.07, 6.45) is -0.439. The van der Waals surface area contributed by atoms with Crippen molar-refractivity contribution in [2.45, 2.75) is 45.9 Å². The molecule has 22 heavy (non-hydrogen) atoms. The number of aliphatic hydroxyl groups is 1. The number of aryl methyl sites for hydroxylation is 1. The molecule has 0 saturated carbocycles. The van der Waals surface area contributed by atoms with Crippen LogP contribution in [-0.4, -0.2) is 76.1 Å². The molecule has 1 saturated heterocycles. The number of hydrogen-bond donors (Lipinski definition) is 1. The number of β-amino-alcohol motifs (C(OH)–C–C–N with tert-alkyl or cyclic N) is 1. The van der Waals surface area contributed by atoms with Gasteiger partial charge in [-0.05, 0) is 20.8 Å². The average Bonchev–Trinajstić information content (AvgIpc) is 2.83. The van der Waals surface area contributed by atoms with Gasteiger partial charge in [-0.1, -0.05) is 5.16 Å². The van der Waals surface area contributed by atoms with E-state index in [2.05, 4.69) is 19.9 Å². The molecule has 0 radical (unpaired) electrons. The highest BCUT2D eigenvalue weighted by Gasteiger charge is 2.21. The van der Waals surface area contributed by atoms with Gasteiger partial charge in [0.05, 0.1) is 24.9 Å². The van der Waals surface area contributed by atoms with Crippen LogP contribution in [0.2, 0.25) is 0 Å². The summed E-state index contributed by atoms with van der Waals surface area (Å²) in [6, 6.07) is 0. The van der Waals surface area contributed by atoms with Gasteiger partial charge >= 0.3 is 0 Å². The summed E-state index contributed by atoms with van der Waals surface area (Å²) in [7, 11) is 0. The van der Waals surface area contributed by atoms with Gasteiger partial charge in [-0.2, -0.15) is 4.98 Å². The van der Waals surface area contributed by atoms with E-state index in [4.69, 9.17) is 9.26 Å². The third-order valence-corrected chi connectivity index (χ3v) is 3.58. The second-order valence-corrected chi connectivity index (χ2v) is 6.88. The molecule has 1 aromatic heterocycles. The van der Waals surface area contributed by atoms with Crippen LogP contribution in [0.15, 0.2) is 4.52 Å². The molecule has 1 aliphatic rings. The van der Waals surface area contributed by atoms with Crippen LogP contribution < -0.4 is 0 Å². The summed E-state index contributed by atoms with van der Waals surface area (Å²) >= 11 is 0. The Morgan fingerprint density at radius 3 is 2.41 bits per heavy atom. The Hall–Kier alpha value is -1.02. The topological polar surface area (TPSA) is 74.9 Å². The molecule has 1 N–H and O–H groups in total. The third kappa shape index (κ3) is 6.00. The van der Waals surface area contributed by atoms with Crippen LogP contribution in [-0.2, 0) is 11.3 Å². The van der Waals surface area contributed by atoms with E-state index in [1.165, 1.54) is 0 Å². The first-order valence-electron chi connectivity index (χ1n) is 7.88. The molecule has 2 rings (SSSR count). The lowest BCUT2D eigenvalue weighted by atomic mass is 10.2. The number of aromatic nitrogens is 2. The van der Waals surface area contributed by atoms with Gasteiger partial charge in [0.25, 0.3) is 0 Å². The lowest BCUT2D eigenvalue weighted by molar-refractivity contribution is -0.0587. The standard InChI is InChI=1S/C15H28N4O3/c1-12-16-14(17-22-12)10-19-7-5-18(6-8-19)9-13(20)11-21-15(2,3)4/h13,20H,5-11H2,1-4H3.